The molecule has 0 saturated heterocycles. The summed E-state index contributed by atoms with van der Waals surface area (Å²) < 4.78 is 8.43. The highest BCUT2D eigenvalue weighted by molar-refractivity contribution is 5.74. The van der Waals surface area contributed by atoms with Crippen molar-refractivity contribution < 1.29 is 9.84 Å². The van der Waals surface area contributed by atoms with E-state index in [1.54, 1.807) is 11.6 Å². The third kappa shape index (κ3) is 4.57. The van der Waals surface area contributed by atoms with Gasteiger partial charge in [0.15, 0.2) is 11.2 Å². The predicted molar refractivity (Wildman–Crippen MR) is 111 cm³/mol. The number of nitrogens with one attached hydrogen (secondary N) is 1. The van der Waals surface area contributed by atoms with Crippen molar-refractivity contribution in [3.8, 4) is 0 Å². The molecule has 0 fully saturated rings. The van der Waals surface area contributed by atoms with Crippen LogP contribution in [-0.4, -0.2) is 50.1 Å². The van der Waals surface area contributed by atoms with Crippen LogP contribution >= 0.6 is 0 Å². The Balaban J connectivity index is 2.05. The van der Waals surface area contributed by atoms with E-state index < -0.39 is 17.4 Å². The van der Waals surface area contributed by atoms with Crippen LogP contribution in [0.3, 0.4) is 0 Å². The average molecular weight is 401 g/mol. The molecule has 0 aliphatic heterocycles. The Kier molecular flexibility index (Phi) is 6.19. The smallest absolute Gasteiger partial charge is 0.329 e. The Hall–Kier alpha value is -2.91. The summed E-state index contributed by atoms with van der Waals surface area (Å²) in [6, 6.07) is 9.84. The number of benzene rings is 1. The summed E-state index contributed by atoms with van der Waals surface area (Å²) in [5, 5.41) is 10.5. The molecular formula is C20H27N5O4. The van der Waals surface area contributed by atoms with Gasteiger partial charge in [-0.1, -0.05) is 30.3 Å². The molecule has 2 aromatic heterocycles. The molecule has 2 N–H and O–H groups in total. The van der Waals surface area contributed by atoms with Crippen molar-refractivity contribution in [2.45, 2.75) is 39.1 Å². The number of aromatic nitrogens is 4. The topological polar surface area (TPSA) is 105 Å². The zero-order valence-corrected chi connectivity index (χ0v) is 17.1. The maximum absolute atomic E-state index is 12.6. The molecule has 0 amide bonds. The Bertz CT molecular complexity index is 1080. The van der Waals surface area contributed by atoms with Crippen LogP contribution in [0.2, 0.25) is 0 Å². The van der Waals surface area contributed by atoms with Crippen LogP contribution in [0.1, 0.15) is 19.4 Å². The van der Waals surface area contributed by atoms with Crippen molar-refractivity contribution in [3.05, 3.63) is 56.7 Å². The highest BCUT2D eigenvalue weighted by Gasteiger charge is 2.22. The third-order valence-corrected chi connectivity index (χ3v) is 4.61. The molecule has 0 radical (unpaired) electrons. The molecule has 0 unspecified atom stereocenters. The van der Waals surface area contributed by atoms with Gasteiger partial charge in [-0.2, -0.15) is 4.98 Å². The van der Waals surface area contributed by atoms with Gasteiger partial charge >= 0.3 is 5.69 Å². The van der Waals surface area contributed by atoms with E-state index in [9.17, 15) is 14.7 Å². The van der Waals surface area contributed by atoms with Crippen molar-refractivity contribution in [1.29, 1.82) is 0 Å². The van der Waals surface area contributed by atoms with Crippen LogP contribution in [0.25, 0.3) is 11.2 Å². The minimum atomic E-state index is -0.838. The molecule has 0 aliphatic rings. The number of fused-ring (bicyclic) bond motifs is 1. The Morgan fingerprint density at radius 2 is 1.93 bits per heavy atom. The number of hydrogen-bond donors (Lipinski definition) is 2. The molecule has 3 aromatic rings. The predicted octanol–water partition coefficient (Wildman–Crippen LogP) is 0.846. The largest absolute Gasteiger partial charge is 0.389 e. The molecule has 2 heterocycles. The molecule has 0 aliphatic carbocycles. The van der Waals surface area contributed by atoms with Crippen LogP contribution in [-0.2, 0) is 24.9 Å². The standard InChI is InChI=1S/C20H27N5O4/c1-13(2)29-12-15(26)11-25-16-17(24(4)20(28)22-18(16)27)21-19(25)23(3)10-14-8-6-5-7-9-14/h5-9,13,15,26H,10-12H2,1-4H3,(H,22,27,28)/t15-/m1/s1. The number of rotatable bonds is 8. The minimum absolute atomic E-state index is 0.0198. The van der Waals surface area contributed by atoms with Crippen molar-refractivity contribution in [2.75, 3.05) is 18.6 Å². The first kappa shape index (κ1) is 20.8. The fourth-order valence-corrected chi connectivity index (χ4v) is 3.18. The first-order valence-electron chi connectivity index (χ1n) is 9.52. The van der Waals surface area contributed by atoms with Gasteiger partial charge in [0.2, 0.25) is 5.95 Å². The first-order chi connectivity index (χ1) is 13.8. The van der Waals surface area contributed by atoms with Crippen molar-refractivity contribution in [2.24, 2.45) is 7.05 Å². The van der Waals surface area contributed by atoms with Gasteiger partial charge in [0, 0.05) is 20.6 Å². The van der Waals surface area contributed by atoms with E-state index in [0.29, 0.717) is 12.5 Å². The van der Waals surface area contributed by atoms with Gasteiger partial charge < -0.3 is 19.3 Å². The molecule has 1 atom stereocenters. The second-order valence-electron chi connectivity index (χ2n) is 7.39. The zero-order chi connectivity index (χ0) is 21.1. The van der Waals surface area contributed by atoms with Crippen LogP contribution in [0.5, 0.6) is 0 Å². The monoisotopic (exact) mass is 401 g/mol. The molecule has 0 bridgehead atoms. The van der Waals surface area contributed by atoms with Gasteiger partial charge in [0.05, 0.1) is 25.4 Å². The molecule has 156 valence electrons. The molecule has 0 saturated carbocycles. The Morgan fingerprint density at radius 1 is 1.24 bits per heavy atom. The molecule has 29 heavy (non-hydrogen) atoms. The summed E-state index contributed by atoms with van der Waals surface area (Å²) in [6.07, 6.45) is -0.857. The van der Waals surface area contributed by atoms with Crippen LogP contribution in [0.4, 0.5) is 5.95 Å². The van der Waals surface area contributed by atoms with E-state index in [2.05, 4.69) is 9.97 Å². The summed E-state index contributed by atoms with van der Waals surface area (Å²) in [5.41, 5.74) is 0.511. The number of aryl methyl sites for hydroxylation is 1. The van der Waals surface area contributed by atoms with Gasteiger partial charge in [-0.25, -0.2) is 4.79 Å². The molecule has 0 spiro atoms. The lowest BCUT2D eigenvalue weighted by Crippen LogP contribution is -2.31. The number of nitrogens with zero attached hydrogens (tertiary/aromatic N) is 4. The lowest BCUT2D eigenvalue weighted by Gasteiger charge is -2.21. The summed E-state index contributed by atoms with van der Waals surface area (Å²) in [5.74, 6) is 0.485. The average Bonchev–Trinajstić information content (AvgIpc) is 3.05. The minimum Gasteiger partial charge on any atom is -0.389 e. The number of imidazole rings is 1. The molecule has 9 nitrogen and oxygen atoms in total. The normalized spacial score (nSPS) is 12.6. The Morgan fingerprint density at radius 3 is 2.59 bits per heavy atom. The number of hydrogen-bond acceptors (Lipinski definition) is 6. The summed E-state index contributed by atoms with van der Waals surface area (Å²) in [7, 11) is 3.41. The lowest BCUT2D eigenvalue weighted by molar-refractivity contribution is -0.000170. The van der Waals surface area contributed by atoms with Crippen LogP contribution in [0.15, 0.2) is 39.9 Å². The molecule has 3 rings (SSSR count). The zero-order valence-electron chi connectivity index (χ0n) is 17.1. The fourth-order valence-electron chi connectivity index (χ4n) is 3.18. The van der Waals surface area contributed by atoms with E-state index in [4.69, 9.17) is 4.74 Å². The van der Waals surface area contributed by atoms with Gasteiger partial charge in [0.1, 0.15) is 0 Å². The van der Waals surface area contributed by atoms with E-state index in [1.807, 2.05) is 56.1 Å². The van der Waals surface area contributed by atoms with Crippen molar-refractivity contribution in [1.82, 2.24) is 19.1 Å². The number of ether oxygens (including phenoxy) is 1. The molecule has 1 aromatic carbocycles. The van der Waals surface area contributed by atoms with Crippen LogP contribution in [0, 0.1) is 0 Å². The Labute approximate surface area is 168 Å². The number of anilines is 1. The lowest BCUT2D eigenvalue weighted by atomic mass is 10.2. The quantitative estimate of drug-likeness (QED) is 0.580. The first-order valence-corrected chi connectivity index (χ1v) is 9.52. The van der Waals surface area contributed by atoms with Gasteiger partial charge in [-0.15, -0.1) is 0 Å². The number of H-pyrrole nitrogens is 1. The number of aromatic amines is 1. The van der Waals surface area contributed by atoms with E-state index >= 15 is 0 Å². The summed E-state index contributed by atoms with van der Waals surface area (Å²) >= 11 is 0. The molecular weight excluding hydrogens is 374 g/mol. The number of aliphatic hydroxyl groups is 1. The van der Waals surface area contributed by atoms with Gasteiger partial charge in [-0.05, 0) is 19.4 Å². The second kappa shape index (κ2) is 8.62. The maximum Gasteiger partial charge on any atom is 0.329 e. The third-order valence-electron chi connectivity index (χ3n) is 4.61. The fraction of sp³-hybridized carbons (Fsp3) is 0.450. The van der Waals surface area contributed by atoms with E-state index in [0.717, 1.165) is 5.56 Å². The molecule has 9 heteroatoms. The van der Waals surface area contributed by atoms with Gasteiger partial charge in [-0.3, -0.25) is 14.3 Å². The second-order valence-corrected chi connectivity index (χ2v) is 7.39. The van der Waals surface area contributed by atoms with Gasteiger partial charge in [0.25, 0.3) is 5.56 Å². The highest BCUT2D eigenvalue weighted by Crippen LogP contribution is 2.21. The van der Waals surface area contributed by atoms with E-state index in [1.165, 1.54) is 4.57 Å². The number of aliphatic hydroxyl groups excluding tert-OH is 1. The maximum atomic E-state index is 12.6. The van der Waals surface area contributed by atoms with Crippen molar-refractivity contribution in [3.63, 3.8) is 0 Å². The SMILES string of the molecule is CC(C)OC[C@H](O)Cn1c(N(C)Cc2ccccc2)nc2c1c(=O)[nH]c(=O)n2C. The van der Waals surface area contributed by atoms with Crippen molar-refractivity contribution >= 4 is 17.1 Å². The van der Waals surface area contributed by atoms with E-state index in [-0.39, 0.29) is 30.4 Å². The summed E-state index contributed by atoms with van der Waals surface area (Å²) in [6.45, 7) is 4.56. The summed E-state index contributed by atoms with van der Waals surface area (Å²) in [4.78, 5) is 33.3. The highest BCUT2D eigenvalue weighted by atomic mass is 16.5. The van der Waals surface area contributed by atoms with Crippen LogP contribution < -0.4 is 16.1 Å².